The normalized spacial score (nSPS) is 11.9. The quantitative estimate of drug-likeness (QED) is 0.462. The number of para-hydroxylation sites is 1. The van der Waals surface area contributed by atoms with Gasteiger partial charge in [0.1, 0.15) is 5.75 Å². The number of halogens is 3. The fourth-order valence-corrected chi connectivity index (χ4v) is 3.13. The fraction of sp³-hybridized carbons (Fsp3) is 0.364. The summed E-state index contributed by atoms with van der Waals surface area (Å²) in [5, 5.41) is 8.35. The largest absolute Gasteiger partial charge is 0.434 e. The highest BCUT2D eigenvalue weighted by molar-refractivity contribution is 6.34. The van der Waals surface area contributed by atoms with Gasteiger partial charge < -0.3 is 20.7 Å². The van der Waals surface area contributed by atoms with Crippen molar-refractivity contribution in [1.29, 1.82) is 0 Å². The Bertz CT molecular complexity index is 909. The van der Waals surface area contributed by atoms with E-state index in [2.05, 4.69) is 20.7 Å². The van der Waals surface area contributed by atoms with Crippen molar-refractivity contribution in [2.75, 3.05) is 11.9 Å². The smallest absolute Gasteiger partial charge is 0.387 e. The number of hydrogen-bond donors (Lipinski definition) is 3. The third-order valence-electron chi connectivity index (χ3n) is 4.37. The van der Waals surface area contributed by atoms with Gasteiger partial charge in [0.15, 0.2) is 0 Å². The standard InChI is InChI=1S/C22H26ClF2N3O3/c1-4-18(16-7-5-6-8-19(16)31-21(24)25)28-22(30)27-14-9-10-15(17(23)11-14)20(29)26-12-13(2)3/h5-11,13,18,21H,4,12H2,1-3H3,(H,26,29)(H2,27,28,30). The first-order chi connectivity index (χ1) is 14.7. The van der Waals surface area contributed by atoms with Crippen LogP contribution in [0.2, 0.25) is 5.02 Å². The molecule has 0 bridgehead atoms. The Labute approximate surface area is 185 Å². The second-order valence-corrected chi connectivity index (χ2v) is 7.68. The molecule has 2 rings (SSSR count). The number of rotatable bonds is 9. The fourth-order valence-electron chi connectivity index (χ4n) is 2.87. The van der Waals surface area contributed by atoms with Crippen LogP contribution in [0.5, 0.6) is 5.75 Å². The first-order valence-corrected chi connectivity index (χ1v) is 10.3. The van der Waals surface area contributed by atoms with Gasteiger partial charge in [-0.1, -0.05) is 50.6 Å². The number of alkyl halides is 2. The second-order valence-electron chi connectivity index (χ2n) is 7.27. The van der Waals surface area contributed by atoms with Gasteiger partial charge >= 0.3 is 12.6 Å². The monoisotopic (exact) mass is 453 g/mol. The van der Waals surface area contributed by atoms with Gasteiger partial charge in [-0.15, -0.1) is 0 Å². The predicted molar refractivity (Wildman–Crippen MR) is 117 cm³/mol. The van der Waals surface area contributed by atoms with E-state index >= 15 is 0 Å². The number of carbonyl (C=O) groups excluding carboxylic acids is 2. The maximum atomic E-state index is 12.7. The van der Waals surface area contributed by atoms with Crippen molar-refractivity contribution in [1.82, 2.24) is 10.6 Å². The van der Waals surface area contributed by atoms with Crippen molar-refractivity contribution in [3.8, 4) is 5.75 Å². The van der Waals surface area contributed by atoms with Crippen molar-refractivity contribution in [3.63, 3.8) is 0 Å². The molecular formula is C22H26ClF2N3O3. The number of carbonyl (C=O) groups is 2. The Morgan fingerprint density at radius 2 is 1.84 bits per heavy atom. The van der Waals surface area contributed by atoms with Gasteiger partial charge in [0.05, 0.1) is 16.6 Å². The number of anilines is 1. The molecule has 0 saturated heterocycles. The van der Waals surface area contributed by atoms with Crippen LogP contribution < -0.4 is 20.7 Å². The van der Waals surface area contributed by atoms with E-state index in [1.165, 1.54) is 18.2 Å². The molecule has 0 aliphatic rings. The van der Waals surface area contributed by atoms with Gasteiger partial charge in [-0.05, 0) is 36.6 Å². The molecule has 1 unspecified atom stereocenters. The molecule has 0 heterocycles. The van der Waals surface area contributed by atoms with Crippen molar-refractivity contribution in [2.24, 2.45) is 5.92 Å². The molecule has 9 heteroatoms. The third kappa shape index (κ3) is 7.40. The summed E-state index contributed by atoms with van der Waals surface area (Å²) in [5.41, 5.74) is 1.13. The van der Waals surface area contributed by atoms with Crippen molar-refractivity contribution in [2.45, 2.75) is 39.8 Å². The highest BCUT2D eigenvalue weighted by Crippen LogP contribution is 2.28. The van der Waals surface area contributed by atoms with E-state index in [0.29, 0.717) is 35.7 Å². The van der Waals surface area contributed by atoms with Gasteiger partial charge in [-0.2, -0.15) is 8.78 Å². The van der Waals surface area contributed by atoms with E-state index in [4.69, 9.17) is 11.6 Å². The van der Waals surface area contributed by atoms with E-state index < -0.39 is 18.7 Å². The van der Waals surface area contributed by atoms with Crippen LogP contribution in [0.3, 0.4) is 0 Å². The second kappa shape index (κ2) is 11.5. The third-order valence-corrected chi connectivity index (χ3v) is 4.68. The summed E-state index contributed by atoms with van der Waals surface area (Å²) >= 11 is 6.20. The van der Waals surface area contributed by atoms with Gasteiger partial charge in [-0.3, -0.25) is 4.79 Å². The molecule has 0 aromatic heterocycles. The summed E-state index contributed by atoms with van der Waals surface area (Å²) in [7, 11) is 0. The Kier molecular flexibility index (Phi) is 9.05. The molecular weight excluding hydrogens is 428 g/mol. The average Bonchev–Trinajstić information content (AvgIpc) is 2.70. The predicted octanol–water partition coefficient (Wildman–Crippen LogP) is 5.60. The van der Waals surface area contributed by atoms with Crippen molar-refractivity contribution >= 4 is 29.2 Å². The Hall–Kier alpha value is -2.87. The van der Waals surface area contributed by atoms with E-state index in [9.17, 15) is 18.4 Å². The van der Waals surface area contributed by atoms with E-state index in [1.807, 2.05) is 20.8 Å². The molecule has 31 heavy (non-hydrogen) atoms. The summed E-state index contributed by atoms with van der Waals surface area (Å²) in [4.78, 5) is 24.7. The zero-order chi connectivity index (χ0) is 23.0. The van der Waals surface area contributed by atoms with Crippen LogP contribution in [-0.2, 0) is 0 Å². The molecule has 0 radical (unpaired) electrons. The molecule has 0 aliphatic carbocycles. The first-order valence-electron chi connectivity index (χ1n) is 9.90. The number of urea groups is 1. The molecule has 3 N–H and O–H groups in total. The number of ether oxygens (including phenoxy) is 1. The molecule has 0 fully saturated rings. The lowest BCUT2D eigenvalue weighted by molar-refractivity contribution is -0.0506. The molecule has 2 aromatic carbocycles. The average molecular weight is 454 g/mol. The minimum atomic E-state index is -2.97. The minimum Gasteiger partial charge on any atom is -0.434 e. The lowest BCUT2D eigenvalue weighted by Crippen LogP contribution is -2.32. The van der Waals surface area contributed by atoms with Gasteiger partial charge in [-0.25, -0.2) is 4.79 Å². The number of hydrogen-bond acceptors (Lipinski definition) is 3. The van der Waals surface area contributed by atoms with Crippen molar-refractivity contribution < 1.29 is 23.1 Å². The summed E-state index contributed by atoms with van der Waals surface area (Å²) < 4.78 is 29.9. The van der Waals surface area contributed by atoms with E-state index in [-0.39, 0.29) is 16.7 Å². The van der Waals surface area contributed by atoms with Crippen LogP contribution in [-0.4, -0.2) is 25.1 Å². The zero-order valence-corrected chi connectivity index (χ0v) is 18.3. The zero-order valence-electron chi connectivity index (χ0n) is 17.5. The van der Waals surface area contributed by atoms with Gasteiger partial charge in [0.2, 0.25) is 0 Å². The summed E-state index contributed by atoms with van der Waals surface area (Å²) in [6, 6.07) is 9.76. The van der Waals surface area contributed by atoms with Crippen LogP contribution in [0.15, 0.2) is 42.5 Å². The van der Waals surface area contributed by atoms with E-state index in [1.54, 1.807) is 24.3 Å². The molecule has 6 nitrogen and oxygen atoms in total. The van der Waals surface area contributed by atoms with Crippen molar-refractivity contribution in [3.05, 3.63) is 58.6 Å². The highest BCUT2D eigenvalue weighted by atomic mass is 35.5. The molecule has 168 valence electrons. The topological polar surface area (TPSA) is 79.5 Å². The molecule has 3 amide bonds. The number of amides is 3. The molecule has 2 aromatic rings. The Morgan fingerprint density at radius 3 is 2.45 bits per heavy atom. The summed E-state index contributed by atoms with van der Waals surface area (Å²) in [6.07, 6.45) is 0.451. The van der Waals surface area contributed by atoms with Crippen LogP contribution in [0.25, 0.3) is 0 Å². The SMILES string of the molecule is CCC(NC(=O)Nc1ccc(C(=O)NCC(C)C)c(Cl)c1)c1ccccc1OC(F)F. The lowest BCUT2D eigenvalue weighted by atomic mass is 10.0. The van der Waals surface area contributed by atoms with Gasteiger partial charge in [0.25, 0.3) is 5.91 Å². The molecule has 0 saturated carbocycles. The maximum absolute atomic E-state index is 12.7. The van der Waals surface area contributed by atoms with Crippen LogP contribution >= 0.6 is 11.6 Å². The molecule has 0 spiro atoms. The lowest BCUT2D eigenvalue weighted by Gasteiger charge is -2.21. The highest BCUT2D eigenvalue weighted by Gasteiger charge is 2.19. The Morgan fingerprint density at radius 1 is 1.13 bits per heavy atom. The maximum Gasteiger partial charge on any atom is 0.387 e. The Balaban J connectivity index is 2.06. The number of nitrogens with one attached hydrogen (secondary N) is 3. The minimum absolute atomic E-state index is 0.00413. The summed E-state index contributed by atoms with van der Waals surface area (Å²) in [5.74, 6) is 0.0101. The van der Waals surface area contributed by atoms with Crippen LogP contribution in [0.4, 0.5) is 19.3 Å². The molecule has 1 atom stereocenters. The molecule has 0 aliphatic heterocycles. The van der Waals surface area contributed by atoms with E-state index in [0.717, 1.165) is 0 Å². The number of benzene rings is 2. The van der Waals surface area contributed by atoms with Crippen LogP contribution in [0.1, 0.15) is 49.2 Å². The first kappa shape index (κ1) is 24.4. The van der Waals surface area contributed by atoms with Gasteiger partial charge in [0, 0.05) is 17.8 Å². The summed E-state index contributed by atoms with van der Waals surface area (Å²) in [6.45, 7) is 3.33. The van der Waals surface area contributed by atoms with Crippen LogP contribution in [0, 0.1) is 5.92 Å².